The van der Waals surface area contributed by atoms with E-state index in [0.29, 0.717) is 18.4 Å². The van der Waals surface area contributed by atoms with Crippen LogP contribution in [0.3, 0.4) is 0 Å². The Kier molecular flexibility index (Phi) is 7.17. The largest absolute Gasteiger partial charge is 0.363 e. The van der Waals surface area contributed by atoms with E-state index in [0.717, 1.165) is 29.2 Å². The van der Waals surface area contributed by atoms with Crippen molar-refractivity contribution in [1.82, 2.24) is 10.3 Å². The summed E-state index contributed by atoms with van der Waals surface area (Å²) < 4.78 is 23.5. The molecule has 2 aliphatic rings. The second-order valence-electron chi connectivity index (χ2n) is 9.68. The number of aryl methyl sites for hydroxylation is 1. The number of hydrogen-bond acceptors (Lipinski definition) is 6. The van der Waals surface area contributed by atoms with Crippen LogP contribution in [0.5, 0.6) is 0 Å². The summed E-state index contributed by atoms with van der Waals surface area (Å²) in [7, 11) is -3.00. The van der Waals surface area contributed by atoms with Gasteiger partial charge in [-0.05, 0) is 62.1 Å². The monoisotopic (exact) mass is 498 g/mol. The molecule has 3 atom stereocenters. The zero-order chi connectivity index (χ0) is 25.3. The number of benzene rings is 1. The van der Waals surface area contributed by atoms with Crippen molar-refractivity contribution in [3.63, 3.8) is 0 Å². The van der Waals surface area contributed by atoms with E-state index in [2.05, 4.69) is 29.5 Å². The fraction of sp³-hybridized carbons (Fsp3) is 0.500. The Bertz CT molecular complexity index is 1220. The number of anilines is 2. The van der Waals surface area contributed by atoms with Crippen molar-refractivity contribution in [1.29, 1.82) is 0 Å². The van der Waals surface area contributed by atoms with Crippen molar-refractivity contribution in [2.45, 2.75) is 65.1 Å². The molecule has 0 aliphatic carbocycles. The number of rotatable bonds is 5. The molecule has 1 aromatic heterocycles. The summed E-state index contributed by atoms with van der Waals surface area (Å²) in [4.78, 5) is 32.2. The number of nitrogens with one attached hydrogen (secondary N) is 2. The van der Waals surface area contributed by atoms with Crippen LogP contribution in [0.2, 0.25) is 0 Å². The molecule has 3 heterocycles. The number of hydrogen-bond donors (Lipinski definition) is 2. The highest BCUT2D eigenvalue weighted by Crippen LogP contribution is 2.43. The summed E-state index contributed by atoms with van der Waals surface area (Å²) >= 11 is 0. The number of pyridine rings is 1. The highest BCUT2D eigenvalue weighted by atomic mass is 32.2. The van der Waals surface area contributed by atoms with Gasteiger partial charge in [0.25, 0.3) is 5.91 Å². The zero-order valence-electron chi connectivity index (χ0n) is 20.7. The van der Waals surface area contributed by atoms with E-state index in [1.807, 2.05) is 42.2 Å². The van der Waals surface area contributed by atoms with Crippen LogP contribution >= 0.6 is 0 Å². The van der Waals surface area contributed by atoms with Crippen LogP contribution in [0.25, 0.3) is 0 Å². The van der Waals surface area contributed by atoms with Gasteiger partial charge >= 0.3 is 0 Å². The lowest BCUT2D eigenvalue weighted by atomic mass is 9.80. The Morgan fingerprint density at radius 3 is 2.49 bits per heavy atom. The predicted molar refractivity (Wildman–Crippen MR) is 137 cm³/mol. The lowest BCUT2D eigenvalue weighted by Crippen LogP contribution is -2.49. The molecule has 1 aromatic carbocycles. The van der Waals surface area contributed by atoms with Gasteiger partial charge in [-0.1, -0.05) is 19.9 Å². The molecule has 0 bridgehead atoms. The van der Waals surface area contributed by atoms with Crippen molar-refractivity contribution in [3.05, 3.63) is 53.2 Å². The fourth-order valence-corrected chi connectivity index (χ4v) is 6.83. The molecule has 4 rings (SSSR count). The molecule has 0 saturated carbocycles. The van der Waals surface area contributed by atoms with Gasteiger partial charge in [0.2, 0.25) is 5.91 Å². The molecule has 9 heteroatoms. The Morgan fingerprint density at radius 2 is 1.86 bits per heavy atom. The maximum absolute atomic E-state index is 13.1. The van der Waals surface area contributed by atoms with Gasteiger partial charge in [-0.2, -0.15) is 0 Å². The smallest absolute Gasteiger partial charge is 0.251 e. The predicted octanol–water partition coefficient (Wildman–Crippen LogP) is 3.63. The first-order chi connectivity index (χ1) is 16.6. The fourth-order valence-electron chi connectivity index (χ4n) is 5.34. The van der Waals surface area contributed by atoms with E-state index < -0.39 is 9.84 Å². The minimum Gasteiger partial charge on any atom is -0.363 e. The van der Waals surface area contributed by atoms with Crippen molar-refractivity contribution in [2.24, 2.45) is 5.92 Å². The number of aromatic nitrogens is 1. The topological polar surface area (TPSA) is 108 Å². The van der Waals surface area contributed by atoms with E-state index in [1.54, 1.807) is 13.0 Å². The Balaban J connectivity index is 1.68. The van der Waals surface area contributed by atoms with E-state index in [9.17, 15) is 18.0 Å². The number of fused-ring (bicyclic) bond motifs is 1. The van der Waals surface area contributed by atoms with Gasteiger partial charge in [0, 0.05) is 41.9 Å². The molecule has 8 nitrogen and oxygen atoms in total. The maximum Gasteiger partial charge on any atom is 0.251 e. The number of sulfone groups is 1. The molecule has 2 N–H and O–H groups in total. The standard InChI is InChI=1S/C26H34N4O4S/c1-5-22-17(3)25(29-24-8-6-7-16(2)27-24)21-15-19(9-10-23(21)30(22)18(4)31)26(32)28-20-11-13-35(33,34)14-12-20/h6-10,15,17,20,22,25H,5,11-14H2,1-4H3,(H,27,29)(H,28,32)/t17-,22?,25?/m0/s1. The van der Waals surface area contributed by atoms with Gasteiger partial charge in [0.15, 0.2) is 0 Å². The summed E-state index contributed by atoms with van der Waals surface area (Å²) in [5.41, 5.74) is 3.07. The zero-order valence-corrected chi connectivity index (χ0v) is 21.6. The number of amides is 2. The van der Waals surface area contributed by atoms with Crippen LogP contribution in [-0.4, -0.2) is 48.8 Å². The molecule has 188 valence electrons. The van der Waals surface area contributed by atoms with Gasteiger partial charge in [-0.15, -0.1) is 0 Å². The van der Waals surface area contributed by atoms with Crippen molar-refractivity contribution in [3.8, 4) is 0 Å². The molecule has 2 unspecified atom stereocenters. The van der Waals surface area contributed by atoms with E-state index in [1.165, 1.54) is 0 Å². The van der Waals surface area contributed by atoms with Gasteiger partial charge in [-0.3, -0.25) is 9.59 Å². The third kappa shape index (κ3) is 5.34. The summed E-state index contributed by atoms with van der Waals surface area (Å²) in [5, 5.41) is 6.56. The third-order valence-corrected chi connectivity index (χ3v) is 8.90. The van der Waals surface area contributed by atoms with E-state index in [-0.39, 0.29) is 47.4 Å². The molecular weight excluding hydrogens is 464 g/mol. The van der Waals surface area contributed by atoms with Crippen LogP contribution in [0.15, 0.2) is 36.4 Å². The third-order valence-electron chi connectivity index (χ3n) is 7.19. The second kappa shape index (κ2) is 9.97. The van der Waals surface area contributed by atoms with E-state index >= 15 is 0 Å². The molecule has 1 fully saturated rings. The van der Waals surface area contributed by atoms with Gasteiger partial charge in [-0.25, -0.2) is 13.4 Å². The Labute approximate surface area is 207 Å². The SMILES string of the molecule is CCC1[C@H](C)C(Nc2cccc(C)n2)c2cc(C(=O)NC3CCS(=O)(=O)CC3)ccc2N1C(C)=O. The first-order valence-corrected chi connectivity index (χ1v) is 14.1. The Morgan fingerprint density at radius 1 is 1.14 bits per heavy atom. The molecule has 2 aliphatic heterocycles. The summed E-state index contributed by atoms with van der Waals surface area (Å²) in [5.74, 6) is 0.752. The van der Waals surface area contributed by atoms with Gasteiger partial charge < -0.3 is 15.5 Å². The highest BCUT2D eigenvalue weighted by Gasteiger charge is 2.40. The van der Waals surface area contributed by atoms with Crippen LogP contribution in [0.4, 0.5) is 11.5 Å². The summed E-state index contributed by atoms with van der Waals surface area (Å²) in [6, 6.07) is 11.0. The number of carbonyl (C=O) groups excluding carboxylic acids is 2. The quantitative estimate of drug-likeness (QED) is 0.652. The van der Waals surface area contributed by atoms with Crippen LogP contribution in [-0.2, 0) is 14.6 Å². The lowest BCUT2D eigenvalue weighted by Gasteiger charge is -2.45. The van der Waals surface area contributed by atoms with Crippen molar-refractivity contribution < 1.29 is 18.0 Å². The molecule has 0 spiro atoms. The normalized spacial score (nSPS) is 23.9. The molecule has 35 heavy (non-hydrogen) atoms. The molecule has 1 saturated heterocycles. The average Bonchev–Trinajstić information content (AvgIpc) is 2.81. The minimum atomic E-state index is -3.00. The molecule has 2 amide bonds. The number of nitrogens with zero attached hydrogens (tertiary/aromatic N) is 2. The summed E-state index contributed by atoms with van der Waals surface area (Å²) in [6.07, 6.45) is 1.65. The molecule has 2 aromatic rings. The van der Waals surface area contributed by atoms with Crippen molar-refractivity contribution >= 4 is 33.2 Å². The molecule has 0 radical (unpaired) electrons. The highest BCUT2D eigenvalue weighted by molar-refractivity contribution is 7.91. The lowest BCUT2D eigenvalue weighted by molar-refractivity contribution is -0.117. The van der Waals surface area contributed by atoms with E-state index in [4.69, 9.17) is 0 Å². The maximum atomic E-state index is 13.1. The van der Waals surface area contributed by atoms with Gasteiger partial charge in [0.1, 0.15) is 15.7 Å². The molecular formula is C26H34N4O4S. The van der Waals surface area contributed by atoms with Gasteiger partial charge in [0.05, 0.1) is 17.5 Å². The first-order valence-electron chi connectivity index (χ1n) is 12.2. The number of carbonyl (C=O) groups is 2. The van der Waals surface area contributed by atoms with Crippen LogP contribution in [0, 0.1) is 12.8 Å². The summed E-state index contributed by atoms with van der Waals surface area (Å²) in [6.45, 7) is 7.72. The van der Waals surface area contributed by atoms with Crippen LogP contribution in [0.1, 0.15) is 67.7 Å². The second-order valence-corrected chi connectivity index (χ2v) is 12.0. The average molecular weight is 499 g/mol. The minimum absolute atomic E-state index is 0.00572. The van der Waals surface area contributed by atoms with Crippen molar-refractivity contribution in [2.75, 3.05) is 21.7 Å². The Hall–Kier alpha value is -2.94. The van der Waals surface area contributed by atoms with Crippen LogP contribution < -0.4 is 15.5 Å². The first kappa shape index (κ1) is 25.2.